The van der Waals surface area contributed by atoms with Gasteiger partial charge in [-0.05, 0) is 51.3 Å². The summed E-state index contributed by atoms with van der Waals surface area (Å²) in [6, 6.07) is 10.0. The Morgan fingerprint density at radius 3 is 2.14 bits per heavy atom. The topological polar surface area (TPSA) is 119 Å². The minimum Gasteiger partial charge on any atom is -0.465 e. The summed E-state index contributed by atoms with van der Waals surface area (Å²) in [6.07, 6.45) is 1.58. The Kier molecular flexibility index (Phi) is 22.0. The Morgan fingerprint density at radius 2 is 1.69 bits per heavy atom. The maximum atomic E-state index is 11.1. The highest BCUT2D eigenvalue weighted by Crippen LogP contribution is 2.14. The van der Waals surface area contributed by atoms with Crippen molar-refractivity contribution in [3.8, 4) is 11.8 Å². The summed E-state index contributed by atoms with van der Waals surface area (Å²) >= 11 is 0. The second-order valence-electron chi connectivity index (χ2n) is 7.46. The van der Waals surface area contributed by atoms with Gasteiger partial charge in [0.05, 0.1) is 24.2 Å². The fourth-order valence-corrected chi connectivity index (χ4v) is 1.95. The maximum Gasteiger partial charge on any atom is 0.433 e. The van der Waals surface area contributed by atoms with Crippen LogP contribution in [0, 0.1) is 17.2 Å². The summed E-state index contributed by atoms with van der Waals surface area (Å²) in [6.45, 7) is 16.0. The van der Waals surface area contributed by atoms with E-state index < -0.39 is 6.09 Å². The van der Waals surface area contributed by atoms with Gasteiger partial charge >= 0.3 is 12.1 Å². The molecule has 1 unspecified atom stereocenters. The van der Waals surface area contributed by atoms with Crippen molar-refractivity contribution in [2.75, 3.05) is 19.8 Å². The van der Waals surface area contributed by atoms with Gasteiger partial charge in [0, 0.05) is 13.0 Å². The molecule has 0 saturated heterocycles. The third kappa shape index (κ3) is 21.2. The lowest BCUT2D eigenvalue weighted by Crippen LogP contribution is -2.28. The molecule has 35 heavy (non-hydrogen) atoms. The van der Waals surface area contributed by atoms with Crippen LogP contribution in [-0.4, -0.2) is 43.8 Å². The maximum absolute atomic E-state index is 11.1. The molecule has 1 N–H and O–H groups in total. The van der Waals surface area contributed by atoms with Crippen molar-refractivity contribution in [1.29, 1.82) is 5.26 Å². The molecule has 0 saturated carbocycles. The van der Waals surface area contributed by atoms with Gasteiger partial charge < -0.3 is 19.5 Å². The highest BCUT2D eigenvalue weighted by molar-refractivity contribution is 5.81. The van der Waals surface area contributed by atoms with E-state index in [1.54, 1.807) is 20.8 Å². The Bertz CT molecular complexity index is 757. The molecular formula is C26H43N3O6. The number of hydrogen-bond acceptors (Lipinski definition) is 8. The fourth-order valence-electron chi connectivity index (χ4n) is 1.95. The van der Waals surface area contributed by atoms with E-state index in [0.717, 1.165) is 24.3 Å². The van der Waals surface area contributed by atoms with Crippen molar-refractivity contribution in [2.24, 2.45) is 11.1 Å². The first kappa shape index (κ1) is 34.0. The Labute approximate surface area is 210 Å². The minimum absolute atomic E-state index is 0.128. The number of aryl methyl sites for hydroxylation is 1. The largest absolute Gasteiger partial charge is 0.465 e. The number of nitrogens with one attached hydrogen (secondary N) is 1. The number of nitriles is 1. The number of rotatable bonds is 11. The third-order valence-corrected chi connectivity index (χ3v) is 4.08. The Hall–Kier alpha value is -3.12. The highest BCUT2D eigenvalue weighted by atomic mass is 16.7. The van der Waals surface area contributed by atoms with Crippen LogP contribution >= 0.6 is 0 Å². The molecular weight excluding hydrogens is 450 g/mol. The van der Waals surface area contributed by atoms with Crippen LogP contribution in [0.5, 0.6) is 5.75 Å². The number of carbonyl (C=O) groups is 2. The fraction of sp³-hybridized carbons (Fsp3) is 0.615. The lowest BCUT2D eigenvalue weighted by atomic mass is 10.2. The lowest BCUT2D eigenvalue weighted by molar-refractivity contribution is -0.147. The van der Waals surface area contributed by atoms with Crippen LogP contribution in [0.4, 0.5) is 4.79 Å². The molecule has 0 aromatic heterocycles. The van der Waals surface area contributed by atoms with Crippen LogP contribution in [0.2, 0.25) is 0 Å². The molecule has 0 radical (unpaired) electrons. The van der Waals surface area contributed by atoms with E-state index in [2.05, 4.69) is 34.4 Å². The van der Waals surface area contributed by atoms with Gasteiger partial charge in [-0.3, -0.25) is 9.63 Å². The average molecular weight is 494 g/mol. The van der Waals surface area contributed by atoms with Crippen LogP contribution in [-0.2, 0) is 25.5 Å². The van der Waals surface area contributed by atoms with Gasteiger partial charge in [-0.15, -0.1) is 0 Å². The van der Waals surface area contributed by atoms with E-state index in [9.17, 15) is 9.59 Å². The smallest absolute Gasteiger partial charge is 0.433 e. The molecule has 1 aromatic carbocycles. The van der Waals surface area contributed by atoms with Gasteiger partial charge in [-0.2, -0.15) is 5.26 Å². The van der Waals surface area contributed by atoms with Crippen LogP contribution in [0.25, 0.3) is 0 Å². The summed E-state index contributed by atoms with van der Waals surface area (Å²) in [5.41, 5.74) is 2.05. The van der Waals surface area contributed by atoms with Gasteiger partial charge in [0.25, 0.3) is 0 Å². The number of amides is 1. The quantitative estimate of drug-likeness (QED) is 0.106. The monoisotopic (exact) mass is 493 g/mol. The predicted molar refractivity (Wildman–Crippen MR) is 137 cm³/mol. The van der Waals surface area contributed by atoms with Crippen LogP contribution in [0.15, 0.2) is 29.4 Å². The lowest BCUT2D eigenvalue weighted by Gasteiger charge is -2.14. The van der Waals surface area contributed by atoms with Crippen molar-refractivity contribution < 1.29 is 28.6 Å². The molecule has 1 atom stereocenters. The number of hydrogen-bond donors (Lipinski definition) is 1. The molecule has 0 aliphatic heterocycles. The molecule has 9 nitrogen and oxygen atoms in total. The van der Waals surface area contributed by atoms with Crippen molar-refractivity contribution >= 4 is 17.8 Å². The van der Waals surface area contributed by atoms with Gasteiger partial charge in [0.1, 0.15) is 12.4 Å². The standard InChI is InChI=1S/C12H18O2.C11H20N2O4.C3H5N/c1-4-11-6-8-12(9-7-11)14-10(3)13-5-2;1-5-9(4)13-17-11(15)12-6-7-16-10(14)8(2)3;1-2-3-4/h6-10H,4-5H2,1-3H3;8H,5-7H2,1-4H3,(H,12,15);2H2,1H3/b;13-9+;. The second kappa shape index (κ2) is 22.7. The summed E-state index contributed by atoms with van der Waals surface area (Å²) in [7, 11) is 0. The average Bonchev–Trinajstić information content (AvgIpc) is 2.86. The van der Waals surface area contributed by atoms with E-state index >= 15 is 0 Å². The SMILES string of the molecule is CC/C(C)=N/OC(=O)NCCOC(=O)C(C)C.CCC#N.CCOC(C)Oc1ccc(CC)cc1. The summed E-state index contributed by atoms with van der Waals surface area (Å²) < 4.78 is 15.7. The number of carbonyl (C=O) groups excluding carboxylic acids is 2. The van der Waals surface area contributed by atoms with Crippen molar-refractivity contribution in [1.82, 2.24) is 5.32 Å². The van der Waals surface area contributed by atoms with Crippen LogP contribution < -0.4 is 10.1 Å². The zero-order chi connectivity index (χ0) is 27.1. The minimum atomic E-state index is -0.654. The molecule has 0 spiro atoms. The predicted octanol–water partition coefficient (Wildman–Crippen LogP) is 5.63. The molecule has 198 valence electrons. The number of esters is 1. The zero-order valence-corrected chi connectivity index (χ0v) is 22.6. The summed E-state index contributed by atoms with van der Waals surface area (Å²) in [4.78, 5) is 26.7. The molecule has 0 aliphatic rings. The number of oxime groups is 1. The second-order valence-corrected chi connectivity index (χ2v) is 7.46. The first-order chi connectivity index (χ1) is 16.6. The molecule has 9 heteroatoms. The third-order valence-electron chi connectivity index (χ3n) is 4.08. The first-order valence-electron chi connectivity index (χ1n) is 12.0. The van der Waals surface area contributed by atoms with E-state index in [0.29, 0.717) is 13.0 Å². The molecule has 0 bridgehead atoms. The summed E-state index contributed by atoms with van der Waals surface area (Å²) in [5.74, 6) is 0.405. The van der Waals surface area contributed by atoms with Gasteiger partial charge in [-0.1, -0.05) is 51.9 Å². The molecule has 1 amide bonds. The van der Waals surface area contributed by atoms with Gasteiger partial charge in [0.15, 0.2) is 6.29 Å². The summed E-state index contributed by atoms with van der Waals surface area (Å²) in [5, 5.41) is 13.6. The molecule has 0 heterocycles. The van der Waals surface area contributed by atoms with E-state index in [1.807, 2.05) is 45.9 Å². The van der Waals surface area contributed by atoms with Crippen LogP contribution in [0.3, 0.4) is 0 Å². The number of nitrogens with zero attached hydrogens (tertiary/aromatic N) is 2. The first-order valence-corrected chi connectivity index (χ1v) is 12.0. The van der Waals surface area contributed by atoms with E-state index in [1.165, 1.54) is 5.56 Å². The van der Waals surface area contributed by atoms with Gasteiger partial charge in [0.2, 0.25) is 0 Å². The van der Waals surface area contributed by atoms with Crippen molar-refractivity contribution in [2.45, 2.75) is 80.9 Å². The Balaban J connectivity index is 0. The molecule has 1 aromatic rings. The Morgan fingerprint density at radius 1 is 1.09 bits per heavy atom. The normalized spacial score (nSPS) is 11.0. The molecule has 1 rings (SSSR count). The van der Waals surface area contributed by atoms with E-state index in [4.69, 9.17) is 19.5 Å². The zero-order valence-electron chi connectivity index (χ0n) is 22.6. The number of benzene rings is 1. The van der Waals surface area contributed by atoms with Gasteiger partial charge in [-0.25, -0.2) is 4.79 Å². The van der Waals surface area contributed by atoms with E-state index in [-0.39, 0.29) is 31.3 Å². The van der Waals surface area contributed by atoms with Crippen molar-refractivity contribution in [3.05, 3.63) is 29.8 Å². The number of ether oxygens (including phenoxy) is 3. The van der Waals surface area contributed by atoms with Crippen molar-refractivity contribution in [3.63, 3.8) is 0 Å². The highest BCUT2D eigenvalue weighted by Gasteiger charge is 2.08. The molecule has 0 aliphatic carbocycles. The molecule has 0 fully saturated rings. The van der Waals surface area contributed by atoms with Crippen LogP contribution in [0.1, 0.15) is 73.8 Å².